The van der Waals surface area contributed by atoms with Crippen molar-refractivity contribution in [3.05, 3.63) is 0 Å². The van der Waals surface area contributed by atoms with E-state index in [0.29, 0.717) is 13.1 Å². The fraction of sp³-hybridized carbons (Fsp3) is 0.875. The molecule has 0 saturated carbocycles. The molecule has 0 aliphatic carbocycles. The van der Waals surface area contributed by atoms with Crippen LogP contribution in [-0.2, 0) is 9.53 Å². The van der Waals surface area contributed by atoms with Crippen molar-refractivity contribution in [2.75, 3.05) is 20.2 Å². The maximum Gasteiger partial charge on any atom is 0.235 e. The van der Waals surface area contributed by atoms with Gasteiger partial charge in [-0.3, -0.25) is 4.79 Å². The molecule has 5 N–H and O–H groups in total. The Bertz CT molecular complexity index is 171. The van der Waals surface area contributed by atoms with E-state index in [1.807, 2.05) is 13.8 Å². The second-order valence-corrected chi connectivity index (χ2v) is 3.60. The number of nitrogens with one attached hydrogen (secondary N) is 1. The third kappa shape index (κ3) is 5.57. The molecular formula is C8H19N3O2. The minimum absolute atomic E-state index is 0.253. The molecule has 5 nitrogen and oxygen atoms in total. The molecule has 0 spiro atoms. The van der Waals surface area contributed by atoms with Gasteiger partial charge in [0.05, 0.1) is 11.6 Å². The lowest BCUT2D eigenvalue weighted by atomic mass is 10.1. The zero-order chi connectivity index (χ0) is 10.5. The Balaban J connectivity index is 3.62. The first-order valence-corrected chi connectivity index (χ1v) is 4.20. The third-order valence-corrected chi connectivity index (χ3v) is 1.83. The summed E-state index contributed by atoms with van der Waals surface area (Å²) < 4.78 is 5.16. The summed E-state index contributed by atoms with van der Waals surface area (Å²) in [6.45, 7) is 4.89. The number of hydrogen-bond acceptors (Lipinski definition) is 4. The summed E-state index contributed by atoms with van der Waals surface area (Å²) in [6.07, 6.45) is 0. The van der Waals surface area contributed by atoms with Crippen molar-refractivity contribution in [3.8, 4) is 0 Å². The standard InChI is InChI=1S/C8H19N3O2/c1-8(2,13-3)5-11-4-6(9)7(10)12/h6,11H,4-5,9H2,1-3H3,(H2,10,12). The van der Waals surface area contributed by atoms with Crippen molar-refractivity contribution < 1.29 is 9.53 Å². The number of ether oxygens (including phenoxy) is 1. The maximum absolute atomic E-state index is 10.6. The molecule has 5 heteroatoms. The number of rotatable bonds is 6. The van der Waals surface area contributed by atoms with Crippen LogP contribution in [0.15, 0.2) is 0 Å². The van der Waals surface area contributed by atoms with E-state index in [4.69, 9.17) is 16.2 Å². The van der Waals surface area contributed by atoms with Crippen LogP contribution in [0, 0.1) is 0 Å². The molecule has 0 aromatic rings. The first-order chi connectivity index (χ1) is 5.89. The topological polar surface area (TPSA) is 90.4 Å². The molecule has 0 aromatic carbocycles. The lowest BCUT2D eigenvalue weighted by Gasteiger charge is -2.23. The molecule has 1 atom stereocenters. The molecule has 0 bridgehead atoms. The lowest BCUT2D eigenvalue weighted by molar-refractivity contribution is -0.119. The molecule has 0 aromatic heterocycles. The number of carbonyl (C=O) groups excluding carboxylic acids is 1. The smallest absolute Gasteiger partial charge is 0.235 e. The van der Waals surface area contributed by atoms with Gasteiger partial charge in [-0.2, -0.15) is 0 Å². The van der Waals surface area contributed by atoms with Gasteiger partial charge in [0.25, 0.3) is 0 Å². The van der Waals surface area contributed by atoms with Gasteiger partial charge >= 0.3 is 0 Å². The zero-order valence-corrected chi connectivity index (χ0v) is 8.46. The SMILES string of the molecule is COC(C)(C)CNCC(N)C(N)=O. The Labute approximate surface area is 78.8 Å². The highest BCUT2D eigenvalue weighted by Crippen LogP contribution is 2.04. The van der Waals surface area contributed by atoms with Crippen molar-refractivity contribution in [1.82, 2.24) is 5.32 Å². The van der Waals surface area contributed by atoms with E-state index in [9.17, 15) is 4.79 Å². The van der Waals surface area contributed by atoms with E-state index in [2.05, 4.69) is 5.32 Å². The predicted molar refractivity (Wildman–Crippen MR) is 51.1 cm³/mol. The van der Waals surface area contributed by atoms with Crippen LogP contribution >= 0.6 is 0 Å². The average Bonchev–Trinajstić information content (AvgIpc) is 2.04. The highest BCUT2D eigenvalue weighted by Gasteiger charge is 2.16. The van der Waals surface area contributed by atoms with Crippen molar-refractivity contribution in [3.63, 3.8) is 0 Å². The summed E-state index contributed by atoms with van der Waals surface area (Å²) in [4.78, 5) is 10.6. The normalized spacial score (nSPS) is 14.2. The summed E-state index contributed by atoms with van der Waals surface area (Å²) in [6, 6.07) is -0.632. The van der Waals surface area contributed by atoms with E-state index in [0.717, 1.165) is 0 Å². The highest BCUT2D eigenvalue weighted by molar-refractivity contribution is 5.79. The first-order valence-electron chi connectivity index (χ1n) is 4.20. The van der Waals surface area contributed by atoms with Gasteiger partial charge in [0, 0.05) is 20.2 Å². The number of nitrogens with two attached hydrogens (primary N) is 2. The van der Waals surface area contributed by atoms with Gasteiger partial charge in [0.1, 0.15) is 0 Å². The average molecular weight is 189 g/mol. The molecule has 0 saturated heterocycles. The molecule has 0 radical (unpaired) electrons. The summed E-state index contributed by atoms with van der Waals surface area (Å²) >= 11 is 0. The number of carbonyl (C=O) groups is 1. The van der Waals surface area contributed by atoms with E-state index < -0.39 is 11.9 Å². The van der Waals surface area contributed by atoms with Crippen LogP contribution < -0.4 is 16.8 Å². The van der Waals surface area contributed by atoms with Crippen LogP contribution in [0.3, 0.4) is 0 Å². The first kappa shape index (κ1) is 12.3. The van der Waals surface area contributed by atoms with E-state index in [1.54, 1.807) is 7.11 Å². The van der Waals surface area contributed by atoms with Gasteiger partial charge in [-0.15, -0.1) is 0 Å². The molecule has 0 rings (SSSR count). The Morgan fingerprint density at radius 3 is 2.54 bits per heavy atom. The summed E-state index contributed by atoms with van der Waals surface area (Å²) in [5.74, 6) is -0.497. The zero-order valence-electron chi connectivity index (χ0n) is 8.46. The maximum atomic E-state index is 10.6. The minimum Gasteiger partial charge on any atom is -0.377 e. The van der Waals surface area contributed by atoms with Crippen molar-refractivity contribution >= 4 is 5.91 Å². The summed E-state index contributed by atoms with van der Waals surface area (Å²) in [5.41, 5.74) is 10.1. The molecule has 78 valence electrons. The minimum atomic E-state index is -0.632. The second kappa shape index (κ2) is 5.16. The Morgan fingerprint density at radius 1 is 1.62 bits per heavy atom. The molecule has 13 heavy (non-hydrogen) atoms. The van der Waals surface area contributed by atoms with Gasteiger partial charge in [-0.25, -0.2) is 0 Å². The monoisotopic (exact) mass is 189 g/mol. The fourth-order valence-electron chi connectivity index (χ4n) is 0.701. The van der Waals surface area contributed by atoms with Gasteiger partial charge in [0.15, 0.2) is 0 Å². The fourth-order valence-corrected chi connectivity index (χ4v) is 0.701. The predicted octanol–water partition coefficient (Wildman–Crippen LogP) is -1.19. The van der Waals surface area contributed by atoms with Crippen molar-refractivity contribution in [1.29, 1.82) is 0 Å². The second-order valence-electron chi connectivity index (χ2n) is 3.60. The molecule has 1 amide bonds. The van der Waals surface area contributed by atoms with E-state index >= 15 is 0 Å². The Hall–Kier alpha value is -0.650. The van der Waals surface area contributed by atoms with Gasteiger partial charge in [-0.1, -0.05) is 0 Å². The number of primary amides is 1. The van der Waals surface area contributed by atoms with Crippen LogP contribution in [-0.4, -0.2) is 37.7 Å². The van der Waals surface area contributed by atoms with Crippen molar-refractivity contribution in [2.24, 2.45) is 11.5 Å². The molecule has 0 aliphatic rings. The van der Waals surface area contributed by atoms with Crippen LogP contribution in [0.4, 0.5) is 0 Å². The molecule has 0 heterocycles. The van der Waals surface area contributed by atoms with Gasteiger partial charge < -0.3 is 21.5 Å². The Kier molecular flexibility index (Phi) is 4.90. The summed E-state index contributed by atoms with van der Waals surface area (Å²) in [5, 5.41) is 3.01. The highest BCUT2D eigenvalue weighted by atomic mass is 16.5. The number of amides is 1. The van der Waals surface area contributed by atoms with Gasteiger partial charge in [0.2, 0.25) is 5.91 Å². The largest absolute Gasteiger partial charge is 0.377 e. The molecule has 0 fully saturated rings. The lowest BCUT2D eigenvalue weighted by Crippen LogP contribution is -2.47. The molecule has 0 aliphatic heterocycles. The molecule has 1 unspecified atom stereocenters. The molecular weight excluding hydrogens is 170 g/mol. The van der Waals surface area contributed by atoms with Gasteiger partial charge in [-0.05, 0) is 13.8 Å². The van der Waals surface area contributed by atoms with E-state index in [-0.39, 0.29) is 5.60 Å². The van der Waals surface area contributed by atoms with Crippen LogP contribution in [0.1, 0.15) is 13.8 Å². The van der Waals surface area contributed by atoms with Crippen LogP contribution in [0.2, 0.25) is 0 Å². The number of hydrogen-bond donors (Lipinski definition) is 3. The quantitative estimate of drug-likeness (QED) is 0.490. The summed E-state index contributed by atoms with van der Waals surface area (Å²) in [7, 11) is 1.63. The Morgan fingerprint density at radius 2 is 2.15 bits per heavy atom. The van der Waals surface area contributed by atoms with Crippen LogP contribution in [0.25, 0.3) is 0 Å². The van der Waals surface area contributed by atoms with Crippen molar-refractivity contribution in [2.45, 2.75) is 25.5 Å². The van der Waals surface area contributed by atoms with Crippen LogP contribution in [0.5, 0.6) is 0 Å². The number of methoxy groups -OCH3 is 1. The van der Waals surface area contributed by atoms with E-state index in [1.165, 1.54) is 0 Å². The third-order valence-electron chi connectivity index (χ3n) is 1.83.